The quantitative estimate of drug-likeness (QED) is 0.846. The molecule has 0 bridgehead atoms. The summed E-state index contributed by atoms with van der Waals surface area (Å²) in [4.78, 5) is 23.3. The summed E-state index contributed by atoms with van der Waals surface area (Å²) in [6, 6.07) is 7.62. The fourth-order valence-corrected chi connectivity index (χ4v) is 2.44. The van der Waals surface area contributed by atoms with Crippen LogP contribution < -0.4 is 5.32 Å². The van der Waals surface area contributed by atoms with E-state index in [2.05, 4.69) is 10.5 Å². The van der Waals surface area contributed by atoms with E-state index in [9.17, 15) is 9.59 Å². The fourth-order valence-electron chi connectivity index (χ4n) is 2.32. The van der Waals surface area contributed by atoms with Gasteiger partial charge in [-0.15, -0.1) is 0 Å². The number of hydrogen-bond donors (Lipinski definition) is 2. The van der Waals surface area contributed by atoms with Gasteiger partial charge in [0, 0.05) is 17.0 Å². The monoisotopic (exact) mass is 334 g/mol. The van der Waals surface area contributed by atoms with Crippen molar-refractivity contribution in [2.24, 2.45) is 0 Å². The van der Waals surface area contributed by atoms with Crippen molar-refractivity contribution in [1.29, 1.82) is 0 Å². The minimum absolute atomic E-state index is 0.0938. The molecule has 23 heavy (non-hydrogen) atoms. The van der Waals surface area contributed by atoms with Crippen molar-refractivity contribution >= 4 is 23.5 Å². The highest BCUT2D eigenvalue weighted by Gasteiger charge is 2.29. The Morgan fingerprint density at radius 1 is 1.35 bits per heavy atom. The number of aromatic nitrogens is 1. The van der Waals surface area contributed by atoms with Gasteiger partial charge >= 0.3 is 5.97 Å². The van der Waals surface area contributed by atoms with Crippen LogP contribution in [0.2, 0.25) is 5.02 Å². The average molecular weight is 335 g/mol. The van der Waals surface area contributed by atoms with Gasteiger partial charge in [-0.25, -0.2) is 0 Å². The topological polar surface area (TPSA) is 92.4 Å². The lowest BCUT2D eigenvalue weighted by atomic mass is 10.0. The number of hydrogen-bond acceptors (Lipinski definition) is 4. The minimum Gasteiger partial charge on any atom is -0.481 e. The summed E-state index contributed by atoms with van der Waals surface area (Å²) in [5, 5.41) is 16.2. The summed E-state index contributed by atoms with van der Waals surface area (Å²) in [6.07, 6.45) is 1.87. The largest absolute Gasteiger partial charge is 0.481 e. The first-order valence-electron chi connectivity index (χ1n) is 7.27. The van der Waals surface area contributed by atoms with E-state index in [1.807, 2.05) is 0 Å². The molecule has 1 fully saturated rings. The van der Waals surface area contributed by atoms with E-state index < -0.39 is 17.9 Å². The zero-order valence-corrected chi connectivity index (χ0v) is 12.9. The lowest BCUT2D eigenvalue weighted by Crippen LogP contribution is -2.30. The number of nitrogens with zero attached hydrogens (tertiary/aromatic N) is 1. The van der Waals surface area contributed by atoms with Gasteiger partial charge in [0.15, 0.2) is 0 Å². The molecule has 0 unspecified atom stereocenters. The van der Waals surface area contributed by atoms with Gasteiger partial charge in [-0.1, -0.05) is 28.9 Å². The normalized spacial score (nSPS) is 15.2. The van der Waals surface area contributed by atoms with Crippen molar-refractivity contribution in [3.63, 3.8) is 0 Å². The van der Waals surface area contributed by atoms with Crippen LogP contribution in [0.3, 0.4) is 0 Å². The molecular formula is C16H15ClN2O4. The number of rotatable bonds is 6. The molecule has 0 spiro atoms. The van der Waals surface area contributed by atoms with E-state index in [-0.39, 0.29) is 12.2 Å². The third kappa shape index (κ3) is 3.90. The second-order valence-corrected chi connectivity index (χ2v) is 6.00. The van der Waals surface area contributed by atoms with Gasteiger partial charge in [0.25, 0.3) is 5.91 Å². The fraction of sp³-hybridized carbons (Fsp3) is 0.312. The molecular weight excluding hydrogens is 320 g/mol. The van der Waals surface area contributed by atoms with Crippen LogP contribution in [0.1, 0.15) is 53.0 Å². The Labute approximate surface area is 137 Å². The van der Waals surface area contributed by atoms with Gasteiger partial charge in [0.2, 0.25) is 5.76 Å². The number of halogens is 1. The molecule has 1 aromatic heterocycles. The van der Waals surface area contributed by atoms with Crippen molar-refractivity contribution < 1.29 is 19.2 Å². The molecule has 1 atom stereocenters. The van der Waals surface area contributed by atoms with Crippen LogP contribution in [0, 0.1) is 0 Å². The first kappa shape index (κ1) is 15.6. The summed E-state index contributed by atoms with van der Waals surface area (Å²) in [5.41, 5.74) is 1.43. The van der Waals surface area contributed by atoms with Crippen molar-refractivity contribution in [3.8, 4) is 0 Å². The molecule has 1 aliphatic rings. The smallest absolute Gasteiger partial charge is 0.305 e. The predicted molar refractivity (Wildman–Crippen MR) is 82.4 cm³/mol. The van der Waals surface area contributed by atoms with E-state index >= 15 is 0 Å². The number of carboxylic acids is 1. The Balaban J connectivity index is 1.74. The number of carboxylic acid groups (broad SMARTS) is 1. The number of carbonyl (C=O) groups excluding carboxylic acids is 1. The Morgan fingerprint density at radius 2 is 2.04 bits per heavy atom. The zero-order valence-electron chi connectivity index (χ0n) is 12.2. The highest BCUT2D eigenvalue weighted by molar-refractivity contribution is 6.30. The molecule has 0 aliphatic heterocycles. The van der Waals surface area contributed by atoms with Crippen LogP contribution in [0.5, 0.6) is 0 Å². The first-order valence-corrected chi connectivity index (χ1v) is 7.65. The molecule has 6 nitrogen and oxygen atoms in total. The summed E-state index contributed by atoms with van der Waals surface area (Å²) in [5.74, 6) is -1.02. The molecule has 0 radical (unpaired) electrons. The number of amides is 1. The Bertz CT molecular complexity index is 722. The highest BCUT2D eigenvalue weighted by atomic mass is 35.5. The first-order chi connectivity index (χ1) is 11.0. The molecule has 0 saturated heterocycles. The molecule has 1 aromatic carbocycles. The maximum Gasteiger partial charge on any atom is 0.305 e. The van der Waals surface area contributed by atoms with Crippen LogP contribution >= 0.6 is 11.6 Å². The van der Waals surface area contributed by atoms with E-state index in [0.29, 0.717) is 16.5 Å². The maximum absolute atomic E-state index is 12.3. The number of benzene rings is 1. The van der Waals surface area contributed by atoms with Crippen molar-refractivity contribution in [2.75, 3.05) is 0 Å². The van der Waals surface area contributed by atoms with Gasteiger partial charge in [0.05, 0.1) is 18.2 Å². The number of aliphatic carboxylic acids is 1. The van der Waals surface area contributed by atoms with Crippen molar-refractivity contribution in [1.82, 2.24) is 10.5 Å². The zero-order chi connectivity index (χ0) is 16.4. The number of carbonyl (C=O) groups is 2. The van der Waals surface area contributed by atoms with Gasteiger partial charge < -0.3 is 14.9 Å². The lowest BCUT2D eigenvalue weighted by molar-refractivity contribution is -0.137. The minimum atomic E-state index is -1.01. The van der Waals surface area contributed by atoms with Crippen LogP contribution in [0.15, 0.2) is 34.9 Å². The van der Waals surface area contributed by atoms with Crippen molar-refractivity contribution in [3.05, 3.63) is 52.4 Å². The summed E-state index contributed by atoms with van der Waals surface area (Å²) >= 11 is 5.84. The van der Waals surface area contributed by atoms with Crippen LogP contribution in [0.4, 0.5) is 0 Å². The van der Waals surface area contributed by atoms with Crippen LogP contribution in [-0.4, -0.2) is 22.1 Å². The van der Waals surface area contributed by atoms with Gasteiger partial charge in [0.1, 0.15) is 0 Å². The molecule has 3 rings (SSSR count). The molecule has 2 N–H and O–H groups in total. The van der Waals surface area contributed by atoms with E-state index in [0.717, 1.165) is 18.5 Å². The predicted octanol–water partition coefficient (Wildman–Crippen LogP) is 3.15. The second kappa shape index (κ2) is 6.42. The van der Waals surface area contributed by atoms with Gasteiger partial charge in [-0.2, -0.15) is 0 Å². The Kier molecular flexibility index (Phi) is 4.34. The molecule has 2 aromatic rings. The third-order valence-electron chi connectivity index (χ3n) is 3.70. The molecule has 1 heterocycles. The molecule has 7 heteroatoms. The van der Waals surface area contributed by atoms with Crippen molar-refractivity contribution in [2.45, 2.75) is 31.2 Å². The van der Waals surface area contributed by atoms with E-state index in [4.69, 9.17) is 21.2 Å². The second-order valence-electron chi connectivity index (χ2n) is 5.57. The van der Waals surface area contributed by atoms with Crippen LogP contribution in [0.25, 0.3) is 0 Å². The Hall–Kier alpha value is -2.34. The lowest BCUT2D eigenvalue weighted by Gasteiger charge is -2.16. The standard InChI is InChI=1S/C16H15ClN2O4/c17-11-5-3-9(4-6-11)12(8-15(20)21)18-16(22)14-7-13(19-23-14)10-1-2-10/h3-7,10,12H,1-2,8H2,(H,18,22)(H,20,21)/t12-/m0/s1. The maximum atomic E-state index is 12.3. The third-order valence-corrected chi connectivity index (χ3v) is 3.96. The molecule has 1 aliphatic carbocycles. The summed E-state index contributed by atoms with van der Waals surface area (Å²) < 4.78 is 5.06. The summed E-state index contributed by atoms with van der Waals surface area (Å²) in [6.45, 7) is 0. The van der Waals surface area contributed by atoms with Crippen LogP contribution in [-0.2, 0) is 4.79 Å². The van der Waals surface area contributed by atoms with E-state index in [1.165, 1.54) is 0 Å². The Morgan fingerprint density at radius 3 is 2.65 bits per heavy atom. The van der Waals surface area contributed by atoms with Gasteiger partial charge in [-0.05, 0) is 30.5 Å². The molecule has 120 valence electrons. The van der Waals surface area contributed by atoms with Gasteiger partial charge in [-0.3, -0.25) is 9.59 Å². The highest BCUT2D eigenvalue weighted by Crippen LogP contribution is 2.39. The SMILES string of the molecule is O=C(O)C[C@H](NC(=O)c1cc(C2CC2)no1)c1ccc(Cl)cc1. The summed E-state index contributed by atoms with van der Waals surface area (Å²) in [7, 11) is 0. The van der Waals surface area contributed by atoms with E-state index in [1.54, 1.807) is 30.3 Å². The number of nitrogens with one attached hydrogen (secondary N) is 1. The molecule has 1 amide bonds. The molecule has 1 saturated carbocycles. The average Bonchev–Trinajstić information content (AvgIpc) is 3.24.